The number of carbonyl (C=O) groups is 2. The first-order valence-corrected chi connectivity index (χ1v) is 15.1. The third kappa shape index (κ3) is 6.58. The van der Waals surface area contributed by atoms with Crippen LogP contribution in [0.3, 0.4) is 0 Å². The lowest BCUT2D eigenvalue weighted by Crippen LogP contribution is -2.48. The minimum Gasteiger partial charge on any atom is -0.480 e. The van der Waals surface area contributed by atoms with Crippen molar-refractivity contribution in [2.75, 3.05) is 42.9 Å². The van der Waals surface area contributed by atoms with Crippen molar-refractivity contribution in [3.63, 3.8) is 0 Å². The van der Waals surface area contributed by atoms with E-state index in [0.29, 0.717) is 65.5 Å². The number of nitriles is 1. The zero-order valence-corrected chi connectivity index (χ0v) is 24.9. The molecule has 2 aromatic heterocycles. The van der Waals surface area contributed by atoms with Crippen molar-refractivity contribution in [1.29, 1.82) is 5.26 Å². The first-order chi connectivity index (χ1) is 21.5. The molecule has 0 atom stereocenters. The van der Waals surface area contributed by atoms with E-state index in [1.165, 1.54) is 44.6 Å². The van der Waals surface area contributed by atoms with Crippen LogP contribution in [0.4, 0.5) is 20.3 Å². The largest absolute Gasteiger partial charge is 0.480 e. The van der Waals surface area contributed by atoms with Gasteiger partial charge in [0, 0.05) is 67.1 Å². The van der Waals surface area contributed by atoms with E-state index in [1.807, 2.05) is 4.90 Å². The lowest BCUT2D eigenvalue weighted by atomic mass is 10.00. The molecule has 5 rings (SSSR count). The first-order valence-electron chi connectivity index (χ1n) is 13.6. The van der Waals surface area contributed by atoms with E-state index in [1.54, 1.807) is 23.1 Å². The molecule has 1 amide bonds. The molecule has 0 aliphatic carbocycles. The molecule has 0 radical (unpaired) electrons. The van der Waals surface area contributed by atoms with Gasteiger partial charge in [0.1, 0.15) is 34.1 Å². The fourth-order valence-corrected chi connectivity index (χ4v) is 6.03. The second-order valence-electron chi connectivity index (χ2n) is 10.1. The second-order valence-corrected chi connectivity index (χ2v) is 11.7. The number of ketones is 1. The molecule has 1 aliphatic rings. The van der Waals surface area contributed by atoms with Crippen LogP contribution in [-0.4, -0.2) is 68.3 Å². The standard InChI is InChI=1S/C31H26F2N6O5S/c1-19(40)3-8-29(41)38-9-11-39(12-10-38)30-25-13-20(4-6-24(25)22(16-34)18-35-30)21-14-27(31(44-2)36-17-21)37-45(42,43)28-7-5-23(32)15-26(28)33/h3-8,13-15,17-18,37H,9-12H2,1-2H3. The molecule has 11 nitrogen and oxygen atoms in total. The molecular formula is C31H26F2N6O5S. The molecule has 1 N–H and O–H groups in total. The number of ether oxygens (including phenoxy) is 1. The van der Waals surface area contributed by atoms with Crippen LogP contribution in [0.1, 0.15) is 12.5 Å². The van der Waals surface area contributed by atoms with Crippen LogP contribution in [0.5, 0.6) is 5.88 Å². The van der Waals surface area contributed by atoms with Crippen LogP contribution < -0.4 is 14.4 Å². The number of amides is 1. The Kier molecular flexibility index (Phi) is 8.73. The van der Waals surface area contributed by atoms with Gasteiger partial charge >= 0.3 is 0 Å². The lowest BCUT2D eigenvalue weighted by Gasteiger charge is -2.35. The maximum absolute atomic E-state index is 14.3. The number of pyridine rings is 2. The van der Waals surface area contributed by atoms with Gasteiger partial charge in [0.25, 0.3) is 10.0 Å². The summed E-state index contributed by atoms with van der Waals surface area (Å²) in [7, 11) is -3.19. The molecule has 4 aromatic rings. The minimum absolute atomic E-state index is 0.0784. The van der Waals surface area contributed by atoms with Crippen LogP contribution >= 0.6 is 0 Å². The summed E-state index contributed by atoms with van der Waals surface area (Å²) < 4.78 is 61.2. The number of aromatic nitrogens is 2. The summed E-state index contributed by atoms with van der Waals surface area (Å²) >= 11 is 0. The van der Waals surface area contributed by atoms with Crippen molar-refractivity contribution in [3.8, 4) is 23.1 Å². The van der Waals surface area contributed by atoms with Crippen molar-refractivity contribution in [2.24, 2.45) is 0 Å². The molecule has 230 valence electrons. The van der Waals surface area contributed by atoms with E-state index < -0.39 is 26.6 Å². The van der Waals surface area contributed by atoms with Gasteiger partial charge in [-0.2, -0.15) is 5.26 Å². The Morgan fingerprint density at radius 2 is 1.73 bits per heavy atom. The van der Waals surface area contributed by atoms with E-state index in [4.69, 9.17) is 4.74 Å². The van der Waals surface area contributed by atoms with Gasteiger partial charge in [-0.15, -0.1) is 0 Å². The van der Waals surface area contributed by atoms with Crippen LogP contribution in [0, 0.1) is 23.0 Å². The number of hydrogen-bond donors (Lipinski definition) is 1. The number of nitrogens with one attached hydrogen (secondary N) is 1. The van der Waals surface area contributed by atoms with Gasteiger partial charge in [-0.25, -0.2) is 27.2 Å². The van der Waals surface area contributed by atoms with Gasteiger partial charge < -0.3 is 14.5 Å². The Hall–Kier alpha value is -5.42. The zero-order chi connectivity index (χ0) is 32.3. The molecule has 0 spiro atoms. The zero-order valence-electron chi connectivity index (χ0n) is 24.1. The van der Waals surface area contributed by atoms with Crippen molar-refractivity contribution in [1.82, 2.24) is 14.9 Å². The van der Waals surface area contributed by atoms with Gasteiger partial charge in [0.2, 0.25) is 11.8 Å². The topological polar surface area (TPSA) is 146 Å². The summed E-state index contributed by atoms with van der Waals surface area (Å²) in [5, 5.41) is 11.0. The number of piperazine rings is 1. The van der Waals surface area contributed by atoms with E-state index in [9.17, 15) is 32.0 Å². The smallest absolute Gasteiger partial charge is 0.264 e. The quantitative estimate of drug-likeness (QED) is 0.284. The first kappa shape index (κ1) is 31.0. The van der Waals surface area contributed by atoms with Gasteiger partial charge in [-0.3, -0.25) is 14.3 Å². The van der Waals surface area contributed by atoms with Gasteiger partial charge in [-0.1, -0.05) is 12.1 Å². The number of halogens is 2. The minimum atomic E-state index is -4.49. The van der Waals surface area contributed by atoms with E-state index >= 15 is 0 Å². The molecule has 1 fully saturated rings. The summed E-state index contributed by atoms with van der Waals surface area (Å²) in [5.74, 6) is -2.15. The molecule has 3 heterocycles. The van der Waals surface area contributed by atoms with Crippen LogP contribution in [0.25, 0.3) is 21.9 Å². The monoisotopic (exact) mass is 632 g/mol. The number of sulfonamides is 1. The fraction of sp³-hybridized carbons (Fsp3) is 0.194. The number of hydrogen-bond acceptors (Lipinski definition) is 9. The number of allylic oxidation sites excluding steroid dienone is 1. The maximum Gasteiger partial charge on any atom is 0.264 e. The third-order valence-electron chi connectivity index (χ3n) is 7.14. The normalized spacial score (nSPS) is 13.6. The second kappa shape index (κ2) is 12.7. The average molecular weight is 633 g/mol. The lowest BCUT2D eigenvalue weighted by molar-refractivity contribution is -0.126. The Balaban J connectivity index is 1.49. The highest BCUT2D eigenvalue weighted by Crippen LogP contribution is 2.35. The number of carbonyl (C=O) groups excluding carboxylic acids is 2. The van der Waals surface area contributed by atoms with Crippen LogP contribution in [-0.2, 0) is 19.6 Å². The Labute approximate surface area is 257 Å². The number of methoxy groups -OCH3 is 1. The Morgan fingerprint density at radius 3 is 2.40 bits per heavy atom. The molecule has 0 saturated carbocycles. The summed E-state index contributed by atoms with van der Waals surface area (Å²) in [5.41, 5.74) is 1.34. The highest BCUT2D eigenvalue weighted by Gasteiger charge is 2.24. The van der Waals surface area contributed by atoms with Gasteiger partial charge in [0.15, 0.2) is 5.78 Å². The van der Waals surface area contributed by atoms with E-state index in [2.05, 4.69) is 20.8 Å². The summed E-state index contributed by atoms with van der Waals surface area (Å²) in [6, 6.07) is 11.0. The summed E-state index contributed by atoms with van der Waals surface area (Å²) in [6.07, 6.45) is 5.45. The molecule has 0 unspecified atom stereocenters. The molecule has 14 heteroatoms. The number of fused-ring (bicyclic) bond motifs is 1. The van der Waals surface area contributed by atoms with E-state index in [0.717, 1.165) is 12.1 Å². The highest BCUT2D eigenvalue weighted by atomic mass is 32.2. The maximum atomic E-state index is 14.3. The van der Waals surface area contributed by atoms with Crippen molar-refractivity contribution >= 4 is 44.0 Å². The Bertz CT molecular complexity index is 2000. The van der Waals surface area contributed by atoms with Crippen molar-refractivity contribution in [2.45, 2.75) is 11.8 Å². The summed E-state index contributed by atoms with van der Waals surface area (Å²) in [4.78, 5) is 35.3. The summed E-state index contributed by atoms with van der Waals surface area (Å²) in [6.45, 7) is 3.06. The predicted molar refractivity (Wildman–Crippen MR) is 162 cm³/mol. The SMILES string of the molecule is COc1ncc(-c2ccc3c(C#N)cnc(N4CCN(C(=O)C=CC(C)=O)CC4)c3c2)cc1NS(=O)(=O)c1ccc(F)cc1F. The molecule has 0 bridgehead atoms. The predicted octanol–water partition coefficient (Wildman–Crippen LogP) is 4.05. The third-order valence-corrected chi connectivity index (χ3v) is 8.54. The highest BCUT2D eigenvalue weighted by molar-refractivity contribution is 7.92. The van der Waals surface area contributed by atoms with Crippen molar-refractivity contribution in [3.05, 3.63) is 84.2 Å². The van der Waals surface area contributed by atoms with E-state index in [-0.39, 0.29) is 23.3 Å². The van der Waals surface area contributed by atoms with Crippen LogP contribution in [0.2, 0.25) is 0 Å². The Morgan fingerprint density at radius 1 is 0.978 bits per heavy atom. The van der Waals surface area contributed by atoms with Crippen molar-refractivity contribution < 1.29 is 31.5 Å². The number of nitrogens with zero attached hydrogens (tertiary/aromatic N) is 5. The fourth-order valence-electron chi connectivity index (χ4n) is 4.92. The molecular weight excluding hydrogens is 606 g/mol. The van der Waals surface area contributed by atoms with Gasteiger partial charge in [-0.05, 0) is 42.8 Å². The average Bonchev–Trinajstić information content (AvgIpc) is 3.02. The van der Waals surface area contributed by atoms with Crippen LogP contribution in [0.15, 0.2) is 71.9 Å². The number of benzene rings is 2. The molecule has 1 saturated heterocycles. The number of rotatable bonds is 8. The molecule has 1 aliphatic heterocycles. The number of anilines is 2. The molecule has 2 aromatic carbocycles. The molecule has 45 heavy (non-hydrogen) atoms. The van der Waals surface area contributed by atoms with Gasteiger partial charge in [0.05, 0.1) is 12.7 Å².